The van der Waals surface area contributed by atoms with Gasteiger partial charge in [0.05, 0.1) is 7.11 Å². The van der Waals surface area contributed by atoms with Crippen LogP contribution in [-0.4, -0.2) is 25.6 Å². The van der Waals surface area contributed by atoms with Crippen molar-refractivity contribution < 1.29 is 13.9 Å². The standard InChI is InChI=1S/C13H17FN2O2/c1-8(16-10-6-13(17)15-7-10)9-3-4-12(18-2)11(14)5-9/h3-5,8,10,16H,6-7H2,1-2H3,(H,15,17). The summed E-state index contributed by atoms with van der Waals surface area (Å²) >= 11 is 0. The van der Waals surface area contributed by atoms with Crippen LogP contribution in [0, 0.1) is 5.82 Å². The molecule has 18 heavy (non-hydrogen) atoms. The van der Waals surface area contributed by atoms with Crippen molar-refractivity contribution in [2.45, 2.75) is 25.4 Å². The van der Waals surface area contributed by atoms with E-state index >= 15 is 0 Å². The summed E-state index contributed by atoms with van der Waals surface area (Å²) in [6.45, 7) is 2.58. The molecule has 1 fully saturated rings. The van der Waals surface area contributed by atoms with Crippen molar-refractivity contribution in [1.82, 2.24) is 10.6 Å². The number of rotatable bonds is 4. The zero-order valence-electron chi connectivity index (χ0n) is 10.5. The molecule has 0 saturated carbocycles. The first-order valence-electron chi connectivity index (χ1n) is 5.96. The van der Waals surface area contributed by atoms with Crippen molar-refractivity contribution in [3.8, 4) is 5.75 Å². The van der Waals surface area contributed by atoms with Crippen LogP contribution in [0.3, 0.4) is 0 Å². The van der Waals surface area contributed by atoms with Gasteiger partial charge in [-0.3, -0.25) is 4.79 Å². The van der Waals surface area contributed by atoms with E-state index in [0.717, 1.165) is 5.56 Å². The van der Waals surface area contributed by atoms with Gasteiger partial charge in [0.25, 0.3) is 0 Å². The van der Waals surface area contributed by atoms with E-state index in [1.807, 2.05) is 13.0 Å². The second kappa shape index (κ2) is 5.35. The Hall–Kier alpha value is -1.62. The monoisotopic (exact) mass is 252 g/mol. The Kier molecular flexibility index (Phi) is 3.81. The molecule has 1 aromatic carbocycles. The van der Waals surface area contributed by atoms with E-state index in [2.05, 4.69) is 10.6 Å². The van der Waals surface area contributed by atoms with E-state index in [1.54, 1.807) is 6.07 Å². The average Bonchev–Trinajstić information content (AvgIpc) is 2.74. The fourth-order valence-corrected chi connectivity index (χ4v) is 2.12. The van der Waals surface area contributed by atoms with E-state index < -0.39 is 0 Å². The van der Waals surface area contributed by atoms with Crippen LogP contribution in [0.2, 0.25) is 0 Å². The lowest BCUT2D eigenvalue weighted by Crippen LogP contribution is -2.33. The molecule has 1 saturated heterocycles. The lowest BCUT2D eigenvalue weighted by Gasteiger charge is -2.19. The summed E-state index contributed by atoms with van der Waals surface area (Å²) in [6, 6.07) is 4.99. The summed E-state index contributed by atoms with van der Waals surface area (Å²) in [4.78, 5) is 11.1. The van der Waals surface area contributed by atoms with Crippen molar-refractivity contribution in [2.24, 2.45) is 0 Å². The molecule has 0 bridgehead atoms. The summed E-state index contributed by atoms with van der Waals surface area (Å²) in [5, 5.41) is 6.06. The molecule has 1 heterocycles. The van der Waals surface area contributed by atoms with Crippen LogP contribution in [0.25, 0.3) is 0 Å². The largest absolute Gasteiger partial charge is 0.494 e. The van der Waals surface area contributed by atoms with Crippen molar-refractivity contribution >= 4 is 5.91 Å². The normalized spacial score (nSPS) is 20.6. The summed E-state index contributed by atoms with van der Waals surface area (Å²) < 4.78 is 18.4. The molecule has 0 aliphatic carbocycles. The van der Waals surface area contributed by atoms with E-state index in [0.29, 0.717) is 13.0 Å². The van der Waals surface area contributed by atoms with E-state index in [9.17, 15) is 9.18 Å². The maximum absolute atomic E-state index is 13.6. The summed E-state index contributed by atoms with van der Waals surface area (Å²) in [7, 11) is 1.44. The molecule has 0 radical (unpaired) electrons. The van der Waals surface area contributed by atoms with Crippen LogP contribution >= 0.6 is 0 Å². The lowest BCUT2D eigenvalue weighted by atomic mass is 10.1. The first-order valence-corrected chi connectivity index (χ1v) is 5.96. The molecule has 4 nitrogen and oxygen atoms in total. The minimum atomic E-state index is -0.371. The second-order valence-electron chi connectivity index (χ2n) is 4.49. The van der Waals surface area contributed by atoms with Gasteiger partial charge < -0.3 is 15.4 Å². The third-order valence-electron chi connectivity index (χ3n) is 3.14. The first kappa shape index (κ1) is 12.8. The highest BCUT2D eigenvalue weighted by molar-refractivity contribution is 5.78. The molecule has 2 rings (SSSR count). The third-order valence-corrected chi connectivity index (χ3v) is 3.14. The molecule has 1 aliphatic heterocycles. The van der Waals surface area contributed by atoms with Gasteiger partial charge in [-0.25, -0.2) is 4.39 Å². The minimum Gasteiger partial charge on any atom is -0.494 e. The van der Waals surface area contributed by atoms with E-state index in [-0.39, 0.29) is 29.6 Å². The number of nitrogens with one attached hydrogen (secondary N) is 2. The molecule has 1 aliphatic rings. The van der Waals surface area contributed by atoms with Crippen LogP contribution in [0.5, 0.6) is 5.75 Å². The number of ether oxygens (including phenoxy) is 1. The van der Waals surface area contributed by atoms with Crippen molar-refractivity contribution in [3.63, 3.8) is 0 Å². The Morgan fingerprint density at radius 1 is 1.56 bits per heavy atom. The maximum Gasteiger partial charge on any atom is 0.221 e. The first-order chi connectivity index (χ1) is 8.60. The van der Waals surface area contributed by atoms with Crippen LogP contribution in [0.15, 0.2) is 18.2 Å². The zero-order chi connectivity index (χ0) is 13.1. The number of hydrogen-bond acceptors (Lipinski definition) is 3. The van der Waals surface area contributed by atoms with Gasteiger partial charge in [0.2, 0.25) is 5.91 Å². The van der Waals surface area contributed by atoms with Gasteiger partial charge >= 0.3 is 0 Å². The predicted molar refractivity (Wildman–Crippen MR) is 65.9 cm³/mol. The molecule has 2 unspecified atom stereocenters. The lowest BCUT2D eigenvalue weighted by molar-refractivity contribution is -0.119. The fraction of sp³-hybridized carbons (Fsp3) is 0.462. The number of carbonyl (C=O) groups is 1. The van der Waals surface area contributed by atoms with Crippen LogP contribution < -0.4 is 15.4 Å². The number of amides is 1. The molecule has 0 aromatic heterocycles. The molecule has 2 atom stereocenters. The summed E-state index contributed by atoms with van der Waals surface area (Å²) in [6.07, 6.45) is 0.475. The van der Waals surface area contributed by atoms with Crippen molar-refractivity contribution in [3.05, 3.63) is 29.6 Å². The number of carbonyl (C=O) groups excluding carboxylic acids is 1. The van der Waals surface area contributed by atoms with Crippen LogP contribution in [0.1, 0.15) is 24.9 Å². The van der Waals surface area contributed by atoms with Gasteiger partial charge in [-0.1, -0.05) is 6.07 Å². The highest BCUT2D eigenvalue weighted by atomic mass is 19.1. The predicted octanol–water partition coefficient (Wildman–Crippen LogP) is 1.37. The molecule has 0 spiro atoms. The Morgan fingerprint density at radius 2 is 2.33 bits per heavy atom. The fourth-order valence-electron chi connectivity index (χ4n) is 2.12. The second-order valence-corrected chi connectivity index (χ2v) is 4.49. The van der Waals surface area contributed by atoms with Gasteiger partial charge in [-0.2, -0.15) is 0 Å². The molecule has 1 aromatic rings. The molecular weight excluding hydrogens is 235 g/mol. The number of methoxy groups -OCH3 is 1. The average molecular weight is 252 g/mol. The Bertz CT molecular complexity index is 451. The van der Waals surface area contributed by atoms with Gasteiger partial charge in [-0.15, -0.1) is 0 Å². The molecule has 2 N–H and O–H groups in total. The molecule has 98 valence electrons. The van der Waals surface area contributed by atoms with Crippen molar-refractivity contribution in [1.29, 1.82) is 0 Å². The topological polar surface area (TPSA) is 50.4 Å². The molecule has 1 amide bonds. The highest BCUT2D eigenvalue weighted by Crippen LogP contribution is 2.22. The quantitative estimate of drug-likeness (QED) is 0.851. The number of benzene rings is 1. The highest BCUT2D eigenvalue weighted by Gasteiger charge is 2.23. The third kappa shape index (κ3) is 2.79. The van der Waals surface area contributed by atoms with E-state index in [1.165, 1.54) is 13.2 Å². The van der Waals surface area contributed by atoms with Crippen LogP contribution in [-0.2, 0) is 4.79 Å². The van der Waals surface area contributed by atoms with Gasteiger partial charge in [-0.05, 0) is 24.6 Å². The maximum atomic E-state index is 13.6. The smallest absolute Gasteiger partial charge is 0.221 e. The summed E-state index contributed by atoms with van der Waals surface area (Å²) in [5.41, 5.74) is 0.840. The van der Waals surface area contributed by atoms with Gasteiger partial charge in [0.15, 0.2) is 11.6 Å². The Balaban J connectivity index is 2.02. The van der Waals surface area contributed by atoms with Gasteiger partial charge in [0, 0.05) is 25.0 Å². The minimum absolute atomic E-state index is 0.0110. The molecular formula is C13H17FN2O2. The van der Waals surface area contributed by atoms with Gasteiger partial charge in [0.1, 0.15) is 0 Å². The van der Waals surface area contributed by atoms with E-state index in [4.69, 9.17) is 4.74 Å². The molecule has 5 heteroatoms. The number of halogens is 1. The Labute approximate surface area is 106 Å². The van der Waals surface area contributed by atoms with Crippen molar-refractivity contribution in [2.75, 3.05) is 13.7 Å². The van der Waals surface area contributed by atoms with Crippen LogP contribution in [0.4, 0.5) is 4.39 Å². The zero-order valence-corrected chi connectivity index (χ0v) is 10.5. The Morgan fingerprint density at radius 3 is 2.89 bits per heavy atom. The SMILES string of the molecule is COc1ccc(C(C)NC2CNC(=O)C2)cc1F. The number of hydrogen-bond donors (Lipinski definition) is 2. The summed E-state index contributed by atoms with van der Waals surface area (Å²) in [5.74, 6) is -0.0754.